The lowest BCUT2D eigenvalue weighted by Gasteiger charge is -2.22. The third kappa shape index (κ3) is 8.79. The van der Waals surface area contributed by atoms with Crippen LogP contribution in [0.2, 0.25) is 0 Å². The molecule has 2 atom stereocenters. The van der Waals surface area contributed by atoms with E-state index in [0.717, 1.165) is 32.1 Å². The number of ether oxygens (including phenoxy) is 3. The monoisotopic (exact) mass is 329 g/mol. The minimum Gasteiger partial charge on any atom is -0.431 e. The molecule has 1 aliphatic rings. The average Bonchev–Trinajstić information content (AvgIpc) is 2.46. The van der Waals surface area contributed by atoms with Crippen molar-refractivity contribution < 1.29 is 23.8 Å². The van der Waals surface area contributed by atoms with Gasteiger partial charge in [-0.2, -0.15) is 0 Å². The van der Waals surface area contributed by atoms with Crippen LogP contribution >= 0.6 is 0 Å². The molecule has 0 aromatic heterocycles. The van der Waals surface area contributed by atoms with Crippen molar-refractivity contribution >= 4 is 12.1 Å². The van der Waals surface area contributed by atoms with E-state index < -0.39 is 18.4 Å². The molecular formula is C17H31NO5. The number of carbonyl (C=O) groups excluding carboxylic acids is 2. The smallest absolute Gasteiger partial charge is 0.431 e. The summed E-state index contributed by atoms with van der Waals surface area (Å²) in [7, 11) is 0. The number of rotatable bonds is 8. The van der Waals surface area contributed by atoms with E-state index in [9.17, 15) is 9.59 Å². The lowest BCUT2D eigenvalue weighted by Crippen LogP contribution is -2.28. The molecule has 1 fully saturated rings. The average molecular weight is 329 g/mol. The number of hydrogen-bond donors (Lipinski definition) is 1. The van der Waals surface area contributed by atoms with Crippen LogP contribution in [0, 0.1) is 11.8 Å². The van der Waals surface area contributed by atoms with Crippen LogP contribution in [0.25, 0.3) is 0 Å². The number of hydrogen-bond acceptors (Lipinski definition) is 6. The van der Waals surface area contributed by atoms with Crippen LogP contribution in [0.1, 0.15) is 65.7 Å². The number of carbonyl (C=O) groups is 2. The SMILES string of the molecule is CC(C)C[C@H](CN)CC(=O)OC(C)OC(=O)OC1CCCCC1. The molecule has 23 heavy (non-hydrogen) atoms. The second-order valence-electron chi connectivity index (χ2n) is 6.74. The van der Waals surface area contributed by atoms with Crippen LogP contribution in [0.3, 0.4) is 0 Å². The van der Waals surface area contributed by atoms with Gasteiger partial charge in [0.05, 0.1) is 0 Å². The molecule has 0 heterocycles. The van der Waals surface area contributed by atoms with Crippen molar-refractivity contribution in [3.63, 3.8) is 0 Å². The molecule has 6 nitrogen and oxygen atoms in total. The van der Waals surface area contributed by atoms with Gasteiger partial charge in [-0.3, -0.25) is 4.79 Å². The molecule has 0 aromatic rings. The van der Waals surface area contributed by atoms with Crippen molar-refractivity contribution in [2.24, 2.45) is 17.6 Å². The molecule has 1 aliphatic carbocycles. The van der Waals surface area contributed by atoms with E-state index >= 15 is 0 Å². The Bertz CT molecular complexity index is 366. The molecule has 0 aliphatic heterocycles. The van der Waals surface area contributed by atoms with Crippen molar-refractivity contribution in [2.75, 3.05) is 6.54 Å². The Morgan fingerprint density at radius 1 is 1.09 bits per heavy atom. The summed E-state index contributed by atoms with van der Waals surface area (Å²) in [5.41, 5.74) is 5.67. The fourth-order valence-electron chi connectivity index (χ4n) is 2.90. The quantitative estimate of drug-likeness (QED) is 0.542. The summed E-state index contributed by atoms with van der Waals surface area (Å²) in [6.07, 6.45) is 4.37. The fraction of sp³-hybridized carbons (Fsp3) is 0.882. The second kappa shape index (κ2) is 10.5. The molecule has 0 spiro atoms. The molecular weight excluding hydrogens is 298 g/mol. The van der Waals surface area contributed by atoms with E-state index in [0.29, 0.717) is 12.5 Å². The van der Waals surface area contributed by atoms with E-state index in [2.05, 4.69) is 13.8 Å². The summed E-state index contributed by atoms with van der Waals surface area (Å²) in [6.45, 7) is 6.12. The van der Waals surface area contributed by atoms with Gasteiger partial charge in [0, 0.05) is 13.3 Å². The van der Waals surface area contributed by atoms with E-state index in [1.54, 1.807) is 0 Å². The van der Waals surface area contributed by atoms with Gasteiger partial charge in [-0.25, -0.2) is 4.79 Å². The summed E-state index contributed by atoms with van der Waals surface area (Å²) in [6, 6.07) is 0. The van der Waals surface area contributed by atoms with Crippen molar-refractivity contribution in [1.82, 2.24) is 0 Å². The van der Waals surface area contributed by atoms with Gasteiger partial charge in [0.1, 0.15) is 6.10 Å². The largest absolute Gasteiger partial charge is 0.511 e. The first-order valence-corrected chi connectivity index (χ1v) is 8.67. The second-order valence-corrected chi connectivity index (χ2v) is 6.74. The Labute approximate surface area is 139 Å². The van der Waals surface area contributed by atoms with E-state index in [1.165, 1.54) is 13.3 Å². The molecule has 0 aromatic carbocycles. The molecule has 134 valence electrons. The maximum atomic E-state index is 11.9. The predicted octanol–water partition coefficient (Wildman–Crippen LogP) is 3.37. The topological polar surface area (TPSA) is 87.9 Å². The zero-order valence-corrected chi connectivity index (χ0v) is 14.6. The first-order chi connectivity index (χ1) is 10.9. The van der Waals surface area contributed by atoms with Crippen LogP contribution in [0.4, 0.5) is 4.79 Å². The van der Waals surface area contributed by atoms with E-state index in [4.69, 9.17) is 19.9 Å². The lowest BCUT2D eigenvalue weighted by molar-refractivity contribution is -0.170. The van der Waals surface area contributed by atoms with Crippen molar-refractivity contribution in [3.8, 4) is 0 Å². The van der Waals surface area contributed by atoms with Gasteiger partial charge < -0.3 is 19.9 Å². The van der Waals surface area contributed by atoms with Gasteiger partial charge in [0.15, 0.2) is 0 Å². The minimum atomic E-state index is -0.948. The number of nitrogens with two attached hydrogens (primary N) is 1. The molecule has 0 bridgehead atoms. The molecule has 1 unspecified atom stereocenters. The van der Waals surface area contributed by atoms with Crippen LogP contribution < -0.4 is 5.73 Å². The molecule has 6 heteroatoms. The lowest BCUT2D eigenvalue weighted by atomic mass is 9.94. The van der Waals surface area contributed by atoms with E-state index in [-0.39, 0.29) is 18.4 Å². The van der Waals surface area contributed by atoms with Crippen molar-refractivity contribution in [3.05, 3.63) is 0 Å². The number of esters is 1. The molecule has 0 amide bonds. The summed E-state index contributed by atoms with van der Waals surface area (Å²) in [4.78, 5) is 23.5. The molecule has 1 saturated carbocycles. The normalized spacial score (nSPS) is 18.3. The third-order valence-corrected chi connectivity index (χ3v) is 3.97. The van der Waals surface area contributed by atoms with E-state index in [1.807, 2.05) is 0 Å². The van der Waals surface area contributed by atoms with Crippen molar-refractivity contribution in [2.45, 2.75) is 78.1 Å². The Morgan fingerprint density at radius 2 is 1.74 bits per heavy atom. The zero-order valence-electron chi connectivity index (χ0n) is 14.6. The Hall–Kier alpha value is -1.30. The maximum Gasteiger partial charge on any atom is 0.511 e. The van der Waals surface area contributed by atoms with Gasteiger partial charge in [-0.15, -0.1) is 0 Å². The van der Waals surface area contributed by atoms with Gasteiger partial charge >= 0.3 is 12.1 Å². The molecule has 2 N–H and O–H groups in total. The first-order valence-electron chi connectivity index (χ1n) is 8.67. The van der Waals surface area contributed by atoms with Gasteiger partial charge in [-0.05, 0) is 50.5 Å². The Kier molecular flexibility index (Phi) is 8.99. The Balaban J connectivity index is 2.26. The third-order valence-electron chi connectivity index (χ3n) is 3.97. The zero-order chi connectivity index (χ0) is 17.2. The van der Waals surface area contributed by atoms with Crippen LogP contribution in [-0.2, 0) is 19.0 Å². The summed E-state index contributed by atoms with van der Waals surface area (Å²) in [5, 5.41) is 0. The highest BCUT2D eigenvalue weighted by atomic mass is 16.8. The summed E-state index contributed by atoms with van der Waals surface area (Å²) >= 11 is 0. The van der Waals surface area contributed by atoms with Gasteiger partial charge in [0.25, 0.3) is 0 Å². The van der Waals surface area contributed by atoms with Crippen LogP contribution in [0.15, 0.2) is 0 Å². The van der Waals surface area contributed by atoms with Gasteiger partial charge in [0.2, 0.25) is 6.29 Å². The standard InChI is InChI=1S/C17H31NO5/c1-12(2)9-14(11-18)10-16(19)21-13(3)22-17(20)23-15-7-5-4-6-8-15/h12-15H,4-11,18H2,1-3H3/t13?,14-/m0/s1. The molecule has 0 radical (unpaired) electrons. The molecule has 0 saturated heterocycles. The first kappa shape index (κ1) is 19.7. The Morgan fingerprint density at radius 3 is 2.30 bits per heavy atom. The minimum absolute atomic E-state index is 0.0770. The maximum absolute atomic E-state index is 11.9. The predicted molar refractivity (Wildman–Crippen MR) is 86.6 cm³/mol. The summed E-state index contributed by atoms with van der Waals surface area (Å²) in [5.74, 6) is 0.151. The van der Waals surface area contributed by atoms with Crippen LogP contribution in [-0.4, -0.2) is 31.1 Å². The fourth-order valence-corrected chi connectivity index (χ4v) is 2.90. The van der Waals surface area contributed by atoms with Crippen LogP contribution in [0.5, 0.6) is 0 Å². The molecule has 1 rings (SSSR count). The summed E-state index contributed by atoms with van der Waals surface area (Å²) < 4.78 is 15.3. The highest BCUT2D eigenvalue weighted by Crippen LogP contribution is 2.21. The highest BCUT2D eigenvalue weighted by Gasteiger charge is 2.22. The van der Waals surface area contributed by atoms with Gasteiger partial charge in [-0.1, -0.05) is 20.3 Å². The highest BCUT2D eigenvalue weighted by molar-refractivity contribution is 5.70. The van der Waals surface area contributed by atoms with Crippen molar-refractivity contribution in [1.29, 1.82) is 0 Å².